The molecule has 2 aromatic rings. The van der Waals surface area contributed by atoms with Gasteiger partial charge in [0.25, 0.3) is 5.91 Å². The summed E-state index contributed by atoms with van der Waals surface area (Å²) in [6, 6.07) is 4.54. The molecule has 1 spiro atoms. The van der Waals surface area contributed by atoms with Crippen molar-refractivity contribution >= 4 is 15.9 Å². The molecule has 0 aromatic carbocycles. The Kier molecular flexibility index (Phi) is 3.55. The van der Waals surface area contributed by atoms with E-state index in [1.54, 1.807) is 17.9 Å². The Labute approximate surface area is 144 Å². The van der Waals surface area contributed by atoms with Crippen LogP contribution in [0, 0.1) is 6.92 Å². The molecule has 0 radical (unpaired) electrons. The van der Waals surface area contributed by atoms with Gasteiger partial charge >= 0.3 is 0 Å². The summed E-state index contributed by atoms with van der Waals surface area (Å²) in [4.78, 5) is 18.1. The fourth-order valence-corrected chi connectivity index (χ4v) is 4.65. The molecule has 2 aliphatic rings. The van der Waals surface area contributed by atoms with Gasteiger partial charge < -0.3 is 14.2 Å². The molecule has 1 atom stereocenters. The molecule has 2 aromatic heterocycles. The van der Waals surface area contributed by atoms with Crippen molar-refractivity contribution in [1.82, 2.24) is 19.8 Å². The second-order valence-electron chi connectivity index (χ2n) is 6.28. The highest BCUT2D eigenvalue weighted by atomic mass is 32.2. The fourth-order valence-electron chi connectivity index (χ4n) is 3.14. The second kappa shape index (κ2) is 5.53. The molecule has 4 rings (SSSR count). The number of aryl methyl sites for hydroxylation is 1. The van der Waals surface area contributed by atoms with Crippen LogP contribution in [0.1, 0.15) is 22.7 Å². The number of amides is 1. The van der Waals surface area contributed by atoms with Crippen LogP contribution in [-0.2, 0) is 10.0 Å². The number of pyridine rings is 1. The summed E-state index contributed by atoms with van der Waals surface area (Å²) < 4.78 is 38.6. The minimum atomic E-state index is -3.79. The molecular formula is C15H16N4O5S. The zero-order valence-corrected chi connectivity index (χ0v) is 14.2. The first-order valence-corrected chi connectivity index (χ1v) is 9.21. The van der Waals surface area contributed by atoms with Crippen molar-refractivity contribution in [3.63, 3.8) is 0 Å². The molecular weight excluding hydrogens is 348 g/mol. The van der Waals surface area contributed by atoms with E-state index in [-0.39, 0.29) is 35.5 Å². The lowest BCUT2D eigenvalue weighted by molar-refractivity contribution is 0.0764. The lowest BCUT2D eigenvalue weighted by Crippen LogP contribution is -2.53. The highest BCUT2D eigenvalue weighted by Gasteiger charge is 2.46. The van der Waals surface area contributed by atoms with Gasteiger partial charge in [0.1, 0.15) is 17.3 Å². The van der Waals surface area contributed by atoms with Crippen LogP contribution in [0.4, 0.5) is 0 Å². The molecule has 25 heavy (non-hydrogen) atoms. The van der Waals surface area contributed by atoms with Crippen LogP contribution in [0.5, 0.6) is 5.88 Å². The first-order valence-electron chi connectivity index (χ1n) is 7.73. The van der Waals surface area contributed by atoms with Crippen LogP contribution in [0.15, 0.2) is 33.8 Å². The smallest absolute Gasteiger partial charge is 0.276 e. The number of hydrogen-bond acceptors (Lipinski definition) is 7. The van der Waals surface area contributed by atoms with Crippen molar-refractivity contribution in [3.05, 3.63) is 35.9 Å². The average Bonchev–Trinajstić information content (AvgIpc) is 3.16. The van der Waals surface area contributed by atoms with Crippen LogP contribution in [-0.4, -0.2) is 54.6 Å². The molecule has 0 saturated carbocycles. The van der Waals surface area contributed by atoms with E-state index in [0.29, 0.717) is 18.7 Å². The molecule has 0 bridgehead atoms. The van der Waals surface area contributed by atoms with Crippen LogP contribution < -0.4 is 9.46 Å². The van der Waals surface area contributed by atoms with Crippen molar-refractivity contribution in [2.75, 3.05) is 19.7 Å². The number of rotatable bonds is 1. The topological polar surface area (TPSA) is 115 Å². The van der Waals surface area contributed by atoms with Gasteiger partial charge in [0.2, 0.25) is 15.9 Å². The number of nitrogens with one attached hydrogen (secondary N) is 1. The van der Waals surface area contributed by atoms with E-state index in [1.165, 1.54) is 18.3 Å². The number of ether oxygens (including phenoxy) is 1. The predicted molar refractivity (Wildman–Crippen MR) is 84.5 cm³/mol. The number of aromatic nitrogens is 2. The van der Waals surface area contributed by atoms with Gasteiger partial charge in [0, 0.05) is 25.4 Å². The first kappa shape index (κ1) is 16.0. The van der Waals surface area contributed by atoms with Gasteiger partial charge in [-0.1, -0.05) is 5.16 Å². The number of sulfonamides is 1. The SMILES string of the molecule is Cc1cc(C(=O)N2CCC3(COc4ncccc4S(=O)(=O)N3)C2)no1. The molecule has 1 saturated heterocycles. The summed E-state index contributed by atoms with van der Waals surface area (Å²) in [7, 11) is -3.79. The molecule has 4 heterocycles. The van der Waals surface area contributed by atoms with E-state index in [1.807, 2.05) is 0 Å². The van der Waals surface area contributed by atoms with Crippen molar-refractivity contribution in [2.45, 2.75) is 23.8 Å². The Morgan fingerprint density at radius 2 is 2.28 bits per heavy atom. The third kappa shape index (κ3) is 2.76. The van der Waals surface area contributed by atoms with Gasteiger partial charge in [-0.2, -0.15) is 4.72 Å². The number of carbonyl (C=O) groups is 1. The van der Waals surface area contributed by atoms with E-state index >= 15 is 0 Å². The average molecular weight is 364 g/mol. The van der Waals surface area contributed by atoms with Gasteiger partial charge in [-0.15, -0.1) is 0 Å². The summed E-state index contributed by atoms with van der Waals surface area (Å²) in [6.07, 6.45) is 1.91. The van der Waals surface area contributed by atoms with E-state index in [9.17, 15) is 13.2 Å². The molecule has 1 N–H and O–H groups in total. The summed E-state index contributed by atoms with van der Waals surface area (Å²) in [5.74, 6) is 0.314. The van der Waals surface area contributed by atoms with E-state index in [2.05, 4.69) is 14.9 Å². The lowest BCUT2D eigenvalue weighted by atomic mass is 10.0. The monoisotopic (exact) mass is 364 g/mol. The van der Waals surface area contributed by atoms with Gasteiger partial charge in [-0.3, -0.25) is 4.79 Å². The Morgan fingerprint density at radius 1 is 1.44 bits per heavy atom. The second-order valence-corrected chi connectivity index (χ2v) is 7.93. The molecule has 1 unspecified atom stereocenters. The first-order chi connectivity index (χ1) is 11.9. The summed E-state index contributed by atoms with van der Waals surface area (Å²) >= 11 is 0. The van der Waals surface area contributed by atoms with Crippen LogP contribution in [0.3, 0.4) is 0 Å². The van der Waals surface area contributed by atoms with Gasteiger partial charge in [-0.05, 0) is 25.5 Å². The summed E-state index contributed by atoms with van der Waals surface area (Å²) in [6.45, 7) is 2.37. The third-order valence-electron chi connectivity index (χ3n) is 4.35. The quantitative estimate of drug-likeness (QED) is 0.775. The van der Waals surface area contributed by atoms with Gasteiger partial charge in [-0.25, -0.2) is 13.4 Å². The summed E-state index contributed by atoms with van der Waals surface area (Å²) in [5, 5.41) is 3.73. The normalized spacial score (nSPS) is 24.6. The molecule has 9 nitrogen and oxygen atoms in total. The molecule has 2 aliphatic heterocycles. The van der Waals surface area contributed by atoms with Crippen molar-refractivity contribution in [2.24, 2.45) is 0 Å². The summed E-state index contributed by atoms with van der Waals surface area (Å²) in [5.41, 5.74) is -0.689. The number of nitrogens with zero attached hydrogens (tertiary/aromatic N) is 3. The van der Waals surface area contributed by atoms with Crippen molar-refractivity contribution < 1.29 is 22.5 Å². The Hall–Kier alpha value is -2.46. The molecule has 1 fully saturated rings. The number of likely N-dealkylation sites (tertiary alicyclic amines) is 1. The van der Waals surface area contributed by atoms with Gasteiger partial charge in [0.15, 0.2) is 5.69 Å². The highest BCUT2D eigenvalue weighted by Crippen LogP contribution is 2.31. The van der Waals surface area contributed by atoms with E-state index < -0.39 is 15.6 Å². The van der Waals surface area contributed by atoms with Gasteiger partial charge in [0.05, 0.1) is 5.54 Å². The Morgan fingerprint density at radius 3 is 3.04 bits per heavy atom. The maximum atomic E-state index is 12.6. The van der Waals surface area contributed by atoms with Crippen LogP contribution in [0.25, 0.3) is 0 Å². The predicted octanol–water partition coefficient (Wildman–Crippen LogP) is 0.334. The molecule has 1 amide bonds. The van der Waals surface area contributed by atoms with Crippen LogP contribution in [0.2, 0.25) is 0 Å². The zero-order chi connectivity index (χ0) is 17.7. The number of hydrogen-bond donors (Lipinski definition) is 1. The third-order valence-corrected chi connectivity index (χ3v) is 5.94. The Balaban J connectivity index is 1.59. The number of fused-ring (bicyclic) bond motifs is 1. The van der Waals surface area contributed by atoms with Crippen LogP contribution >= 0.6 is 0 Å². The minimum absolute atomic E-state index is 0.00350. The maximum absolute atomic E-state index is 12.6. The van der Waals surface area contributed by atoms with E-state index in [4.69, 9.17) is 9.26 Å². The standard InChI is InChI=1S/C15H16N4O5S/c1-10-7-11(17-24-10)14(20)19-6-4-15(8-19)9-23-13-12(3-2-5-16-13)25(21,22)18-15/h2-3,5,7,18H,4,6,8-9H2,1H3. The molecule has 10 heteroatoms. The van der Waals surface area contributed by atoms with Crippen molar-refractivity contribution in [3.8, 4) is 5.88 Å². The Bertz CT molecular complexity index is 941. The highest BCUT2D eigenvalue weighted by molar-refractivity contribution is 7.89. The number of carbonyl (C=O) groups excluding carboxylic acids is 1. The van der Waals surface area contributed by atoms with E-state index in [0.717, 1.165) is 0 Å². The molecule has 132 valence electrons. The van der Waals surface area contributed by atoms with Crippen molar-refractivity contribution in [1.29, 1.82) is 0 Å². The molecule has 0 aliphatic carbocycles. The lowest BCUT2D eigenvalue weighted by Gasteiger charge is -2.26. The maximum Gasteiger partial charge on any atom is 0.276 e. The zero-order valence-electron chi connectivity index (χ0n) is 13.4. The largest absolute Gasteiger partial charge is 0.475 e. The fraction of sp³-hybridized carbons (Fsp3) is 0.400. The minimum Gasteiger partial charge on any atom is -0.475 e.